The maximum absolute atomic E-state index is 5.55. The molecule has 4 fully saturated rings. The Morgan fingerprint density at radius 2 is 0.928 bits per heavy atom. The molecule has 4 aromatic carbocycles. The van der Waals surface area contributed by atoms with Gasteiger partial charge in [0.1, 0.15) is 0 Å². The molecule has 0 radical (unpaired) electrons. The van der Waals surface area contributed by atoms with E-state index >= 15 is 0 Å². The molecule has 7 aliphatic carbocycles. The summed E-state index contributed by atoms with van der Waals surface area (Å²) in [7, 11) is -0.938. The molecule has 5 heteroatoms. The van der Waals surface area contributed by atoms with Crippen LogP contribution in [-0.2, 0) is 0 Å². The van der Waals surface area contributed by atoms with Gasteiger partial charge in [-0.2, -0.15) is 9.21 Å². The number of ether oxygens (including phenoxy) is 4. The summed E-state index contributed by atoms with van der Waals surface area (Å²) < 4.78 is 21.4. The molecule has 0 aromatic heterocycles. The summed E-state index contributed by atoms with van der Waals surface area (Å²) in [6, 6.07) is 32.2. The Morgan fingerprint density at radius 1 is 0.433 bits per heavy atom. The molecule has 0 N–H and O–H groups in total. The van der Waals surface area contributed by atoms with Crippen molar-refractivity contribution in [3.05, 3.63) is 262 Å². The van der Waals surface area contributed by atoms with Crippen molar-refractivity contribution in [3.8, 4) is 23.0 Å². The maximum atomic E-state index is 5.55. The van der Waals surface area contributed by atoms with Crippen molar-refractivity contribution in [3.63, 3.8) is 0 Å². The average Bonchev–Trinajstić information content (AvgIpc) is 1.67. The number of allylic oxidation sites excluding steroid dienone is 15. The van der Waals surface area contributed by atoms with E-state index in [0.29, 0.717) is 5.95 Å². The van der Waals surface area contributed by atoms with E-state index in [1.165, 1.54) is 164 Å². The van der Waals surface area contributed by atoms with Gasteiger partial charge in [0.05, 0.1) is 0 Å². The van der Waals surface area contributed by atoms with Gasteiger partial charge in [0.15, 0.2) is 23.0 Å². The minimum absolute atomic E-state index is 0.352. The Morgan fingerprint density at radius 3 is 1.25 bits per heavy atom. The van der Waals surface area contributed by atoms with Crippen LogP contribution in [0.15, 0.2) is 240 Å². The van der Waals surface area contributed by atoms with E-state index in [1.807, 2.05) is 107 Å². The lowest BCUT2D eigenvalue weighted by Gasteiger charge is -2.18. The molecule has 530 valence electrons. The minimum atomic E-state index is -0.938. The second kappa shape index (κ2) is 44.9. The van der Waals surface area contributed by atoms with Crippen LogP contribution in [0.1, 0.15) is 227 Å². The maximum Gasteiger partial charge on any atom is 0.282 e. The molecule has 4 nitrogen and oxygen atoms in total. The molecule has 97 heavy (non-hydrogen) atoms. The van der Waals surface area contributed by atoms with Crippen molar-refractivity contribution < 1.29 is 18.9 Å². The zero-order valence-corrected chi connectivity index (χ0v) is 64.8. The number of benzene rings is 4. The van der Waals surface area contributed by atoms with Crippen molar-refractivity contribution >= 4 is 20.9 Å². The first kappa shape index (κ1) is 84.3. The summed E-state index contributed by atoms with van der Waals surface area (Å²) in [5.41, 5.74) is 17.3. The molecule has 0 spiro atoms. The lowest BCUT2D eigenvalue weighted by atomic mass is 9.88. The predicted octanol–water partition coefficient (Wildman–Crippen LogP) is 28.2. The van der Waals surface area contributed by atoms with Crippen LogP contribution >= 0.6 is 9.21 Å². The third-order valence-corrected chi connectivity index (χ3v) is 20.0. The highest BCUT2D eigenvalue weighted by Gasteiger charge is 2.31. The second-order valence-electron chi connectivity index (χ2n) is 29.7. The van der Waals surface area contributed by atoms with Gasteiger partial charge in [-0.05, 0) is 232 Å². The number of aryl methyl sites for hydroxylation is 4. The fourth-order valence-electron chi connectivity index (χ4n) is 11.8. The van der Waals surface area contributed by atoms with E-state index in [0.717, 1.165) is 88.9 Å². The van der Waals surface area contributed by atoms with E-state index in [9.17, 15) is 0 Å². The highest BCUT2D eigenvalue weighted by Crippen LogP contribution is 2.40. The molecule has 3 unspecified atom stereocenters. The first-order valence-corrected chi connectivity index (χ1v) is 38.4. The van der Waals surface area contributed by atoms with Gasteiger partial charge in [-0.3, -0.25) is 0 Å². The number of hydrogen-bond donors (Lipinski definition) is 0. The number of fused-ring (bicyclic) bond motifs is 2. The largest absolute Gasteiger partial charge is 0.449 e. The summed E-state index contributed by atoms with van der Waals surface area (Å²) in [6.45, 7) is 57.5. The topological polar surface area (TPSA) is 36.9 Å². The van der Waals surface area contributed by atoms with Gasteiger partial charge in [-0.25, -0.2) is 0 Å². The van der Waals surface area contributed by atoms with E-state index in [2.05, 4.69) is 200 Å². The van der Waals surface area contributed by atoms with Gasteiger partial charge in [-0.1, -0.05) is 291 Å². The first-order chi connectivity index (χ1) is 45.8. The van der Waals surface area contributed by atoms with Gasteiger partial charge in [0.25, 0.3) is 5.95 Å². The van der Waals surface area contributed by atoms with Crippen LogP contribution in [0.4, 0.5) is 0 Å². The normalized spacial score (nSPS) is 21.4. The number of hydrogen-bond acceptors (Lipinski definition) is 4. The molecule has 3 aliphatic heterocycles. The van der Waals surface area contributed by atoms with Crippen LogP contribution in [0.25, 0.3) is 0 Å². The van der Waals surface area contributed by atoms with Crippen LogP contribution in [0, 0.1) is 63.2 Å². The molecule has 3 heterocycles. The van der Waals surface area contributed by atoms with Gasteiger partial charge in [0.2, 0.25) is 5.79 Å². The Bertz CT molecular complexity index is 3340. The minimum Gasteiger partial charge on any atom is -0.449 e. The summed E-state index contributed by atoms with van der Waals surface area (Å²) in [5, 5.41) is 4.22. The van der Waals surface area contributed by atoms with Crippen molar-refractivity contribution in [1.29, 1.82) is 0 Å². The highest BCUT2D eigenvalue weighted by atomic mass is 32.2. The van der Waals surface area contributed by atoms with Gasteiger partial charge < -0.3 is 18.9 Å². The smallest absolute Gasteiger partial charge is 0.282 e. The third-order valence-electron chi connectivity index (χ3n) is 18.5. The first-order valence-electron chi connectivity index (χ1n) is 36.3. The van der Waals surface area contributed by atoms with Crippen LogP contribution in [0.3, 0.4) is 0 Å². The molecule has 0 saturated heterocycles. The molecule has 4 saturated carbocycles. The van der Waals surface area contributed by atoms with Crippen molar-refractivity contribution in [2.75, 3.05) is 0 Å². The fourth-order valence-corrected chi connectivity index (χ4v) is 13.1. The Hall–Kier alpha value is -6.95. The van der Waals surface area contributed by atoms with Gasteiger partial charge in [-0.15, -0.1) is 0 Å². The van der Waals surface area contributed by atoms with E-state index < -0.39 is 15.0 Å². The van der Waals surface area contributed by atoms with Crippen LogP contribution < -0.4 is 18.9 Å². The van der Waals surface area contributed by atoms with E-state index in [1.54, 1.807) is 0 Å². The molecule has 10 aliphatic rings. The van der Waals surface area contributed by atoms with Gasteiger partial charge in [0, 0.05) is 13.8 Å². The quantitative estimate of drug-likeness (QED) is 0.130. The Labute approximate surface area is 595 Å². The molecule has 0 bridgehead atoms. The van der Waals surface area contributed by atoms with E-state index in [4.69, 9.17) is 18.9 Å². The average molecular weight is 1330 g/mol. The van der Waals surface area contributed by atoms with Crippen molar-refractivity contribution in [2.24, 2.45) is 35.5 Å². The zero-order valence-electron chi connectivity index (χ0n) is 64.0. The van der Waals surface area contributed by atoms with Crippen LogP contribution in [0.2, 0.25) is 0 Å². The third kappa shape index (κ3) is 38.7. The molecule has 4 aromatic rings. The van der Waals surface area contributed by atoms with Gasteiger partial charge >= 0.3 is 0 Å². The lowest BCUT2D eigenvalue weighted by Crippen LogP contribution is -2.29. The molecule has 0 amide bonds. The summed E-state index contributed by atoms with van der Waals surface area (Å²) in [4.78, 5) is 0. The fraction of sp³-hybridized carbons (Fsp3) is 0.457. The predicted molar refractivity (Wildman–Crippen MR) is 434 cm³/mol. The molecule has 14 rings (SSSR count). The highest BCUT2D eigenvalue weighted by molar-refractivity contribution is 8.32. The standard InChI is InChI=1S/C10H12O2.C9H8O2.C8H16.C8H14.C8H12.C7H10S.C7H12.C7H10.C7H8.C7H14.2C7H8/c1-7-4-5-8-9(6-7)12-10(2,3)11-8;1-6-3-4-8-9(5-6)11-7(2)10-8;1-6-4-5-7(2)8(6)3;2*1-7-3-5-8(2)6-4-7;1-7-4-5-8(2,3)6-7;3*1-6-3-4-7(2)5-6;3*1-7-5-3-2-4-6-7/h4-6H,1-3H3;3-5H,2H2,1H3;6-8H,4-5H2,1-3H3;8H,1,3-6H2,2H3;5H,1,3-4,6H2,2H3;4-6H,2-3H2,1H3;7H,1,3-5H2,2H3;4H,1,3,5H2,2H3;3-5H,1H2,2H3;7H,2-6H2,1H3;2*2-6H,1H3. The Kier molecular flexibility index (Phi) is 39.0. The molecular formula is C92H132O4S. The second-order valence-corrected chi connectivity index (χ2v) is 32.2. The molecule has 3 atom stereocenters. The van der Waals surface area contributed by atoms with Crippen molar-refractivity contribution in [2.45, 2.75) is 239 Å². The number of rotatable bonds is 0. The van der Waals surface area contributed by atoms with Crippen molar-refractivity contribution in [1.82, 2.24) is 0 Å². The molecular weight excluding hydrogens is 1200 g/mol. The Balaban J connectivity index is 0.000000277. The SMILES string of the molecule is C=C1C=CC(C)=C1.C=C1CC=C(C)C1.C=C1CC=C(C)CC1.C=C1CCC(C)C1.C=C1CCC(C)CC1.C=C1Oc2ccc(C)cc2O1.C=S1(=C)C=CC(C)=C1.CC1CCC(C)C1C.CC1CCCCC1.Cc1ccc2c(c1)OC(C)(C)O2.Cc1ccccc1.Cc1ccccc1. The summed E-state index contributed by atoms with van der Waals surface area (Å²) in [6.07, 6.45) is 38.1. The monoisotopic (exact) mass is 1330 g/mol. The van der Waals surface area contributed by atoms with E-state index in [-0.39, 0.29) is 0 Å². The zero-order chi connectivity index (χ0) is 72.1. The summed E-state index contributed by atoms with van der Waals surface area (Å²) in [5.74, 6) is 16.8. The van der Waals surface area contributed by atoms with Crippen LogP contribution in [-0.4, -0.2) is 17.5 Å². The lowest BCUT2D eigenvalue weighted by molar-refractivity contribution is -0.0431. The van der Waals surface area contributed by atoms with Crippen LogP contribution in [0.5, 0.6) is 23.0 Å². The summed E-state index contributed by atoms with van der Waals surface area (Å²) >= 11 is 0.